The lowest BCUT2D eigenvalue weighted by Gasteiger charge is -2.22. The molecule has 0 saturated heterocycles. The molecule has 2 nitrogen and oxygen atoms in total. The first kappa shape index (κ1) is 29.1. The fourth-order valence-corrected chi connectivity index (χ4v) is 11.4. The van der Waals surface area contributed by atoms with Crippen LogP contribution in [-0.2, 0) is 5.41 Å². The van der Waals surface area contributed by atoms with Crippen LogP contribution < -0.4 is 0 Å². The third kappa shape index (κ3) is 4.70. The Morgan fingerprint density at radius 1 is 0.417 bits per heavy atom. The Kier molecular flexibility index (Phi) is 6.01. The summed E-state index contributed by atoms with van der Waals surface area (Å²) in [5.41, 5.74) is 15.2. The van der Waals surface area contributed by atoms with Crippen molar-refractivity contribution in [1.29, 1.82) is 0 Å². The molecule has 0 radical (unpaired) electrons. The molecule has 0 aliphatic heterocycles. The quantitative estimate of drug-likeness (QED) is 0.168. The van der Waals surface area contributed by atoms with Crippen molar-refractivity contribution in [2.24, 2.45) is 0 Å². The molecule has 0 unspecified atom stereocenters. The van der Waals surface area contributed by atoms with Crippen LogP contribution in [0, 0.1) is 0 Å². The van der Waals surface area contributed by atoms with Crippen LogP contribution in [0.1, 0.15) is 31.8 Å². The molecule has 3 heteroatoms. The number of thiophene rings is 1. The van der Waals surface area contributed by atoms with Gasteiger partial charge in [0.25, 0.3) is 0 Å². The fraction of sp³-hybridized carbons (Fsp3) is 0.0526. The third-order valence-electron chi connectivity index (χ3n) is 13.0. The number of hydrogen-bond acceptors (Lipinski definition) is 1. The average Bonchev–Trinajstić information content (AvgIpc) is 4.05. The van der Waals surface area contributed by atoms with E-state index in [0.29, 0.717) is 5.56 Å². The molecular weight excluding hydrogens is 745 g/mol. The zero-order chi connectivity index (χ0) is 44.0. The van der Waals surface area contributed by atoms with Crippen LogP contribution in [0.3, 0.4) is 0 Å². The van der Waals surface area contributed by atoms with Gasteiger partial charge in [0.2, 0.25) is 0 Å². The van der Waals surface area contributed by atoms with E-state index < -0.39 is 0 Å². The zero-order valence-corrected chi connectivity index (χ0v) is 33.7. The van der Waals surface area contributed by atoms with E-state index >= 15 is 0 Å². The molecule has 0 saturated carbocycles. The number of para-hydroxylation sites is 2. The Balaban J connectivity index is 0.934. The minimum absolute atomic E-state index is 0.0919. The van der Waals surface area contributed by atoms with Crippen molar-refractivity contribution in [2.45, 2.75) is 19.3 Å². The number of rotatable bonds is 4. The smallest absolute Gasteiger partial charge is 0.0629 e. The topological polar surface area (TPSA) is 9.86 Å². The summed E-state index contributed by atoms with van der Waals surface area (Å²) in [4.78, 5) is 0. The Morgan fingerprint density at radius 3 is 1.72 bits per heavy atom. The second-order valence-corrected chi connectivity index (χ2v) is 17.6. The predicted molar refractivity (Wildman–Crippen MR) is 256 cm³/mol. The van der Waals surface area contributed by atoms with Crippen LogP contribution in [0.5, 0.6) is 0 Å². The summed E-state index contributed by atoms with van der Waals surface area (Å²) in [5, 5.41) is 6.66. The van der Waals surface area contributed by atoms with E-state index in [4.69, 9.17) is 6.85 Å². The van der Waals surface area contributed by atoms with Gasteiger partial charge in [-0.2, -0.15) is 0 Å². The first-order valence-electron chi connectivity index (χ1n) is 22.9. The van der Waals surface area contributed by atoms with E-state index in [9.17, 15) is 0 Å². The molecule has 0 spiro atoms. The van der Waals surface area contributed by atoms with Crippen LogP contribution in [0.2, 0.25) is 0 Å². The van der Waals surface area contributed by atoms with E-state index in [1.54, 1.807) is 11.3 Å². The van der Waals surface area contributed by atoms with Crippen molar-refractivity contribution in [3.8, 4) is 44.8 Å². The van der Waals surface area contributed by atoms with E-state index in [1.165, 1.54) is 60.5 Å². The van der Waals surface area contributed by atoms with Crippen molar-refractivity contribution in [1.82, 2.24) is 9.13 Å². The monoisotopic (exact) mass is 787 g/mol. The maximum Gasteiger partial charge on any atom is 0.0629 e. The summed E-state index contributed by atoms with van der Waals surface area (Å²) < 4.78 is 49.1. The minimum atomic E-state index is -0.388. The maximum absolute atomic E-state index is 8.74. The van der Waals surface area contributed by atoms with Crippen LogP contribution in [0.4, 0.5) is 0 Å². The standard InChI is InChI=1S/C57H38N2S/c1-57(2)48-19-9-6-15-41(48)42-27-25-38(33-49(42)57)58-50-20-10-7-16-43(50)46-31-36(23-29-52(46)58)37-24-30-53-47(32-37)44-17-8-11-21-51(44)59(53)39-26-28-45-55(34-39)60-54-22-12-18-40(56(45)54)35-13-4-3-5-14-35/h3-34H,1-2H3/i3D,4D,5D,13D,14D. The van der Waals surface area contributed by atoms with Gasteiger partial charge in [0.15, 0.2) is 0 Å². The number of nitrogens with zero attached hydrogens (tertiary/aromatic N) is 2. The Hall–Kier alpha value is -7.20. The Morgan fingerprint density at radius 2 is 1.00 bits per heavy atom. The van der Waals surface area contributed by atoms with Crippen molar-refractivity contribution < 1.29 is 6.85 Å². The summed E-state index contributed by atoms with van der Waals surface area (Å²) in [6.45, 7) is 4.68. The average molecular weight is 788 g/mol. The van der Waals surface area contributed by atoms with Crippen molar-refractivity contribution in [3.63, 3.8) is 0 Å². The van der Waals surface area contributed by atoms with Crippen molar-refractivity contribution >= 4 is 75.1 Å². The first-order chi connectivity index (χ1) is 31.6. The van der Waals surface area contributed by atoms with Crippen molar-refractivity contribution in [3.05, 3.63) is 205 Å². The van der Waals surface area contributed by atoms with Crippen molar-refractivity contribution in [2.75, 3.05) is 0 Å². The first-order valence-corrected chi connectivity index (χ1v) is 21.2. The number of benzene rings is 9. The molecule has 0 fully saturated rings. The normalized spacial score (nSPS) is 14.5. The SMILES string of the molecule is [2H]c1c([2H])c([2H])c(-c2cccc3sc4cc(-n5c6ccccc6c6cc(-c7ccc8c(c7)c7ccccc7n8-c7ccc8c(c7)C(C)(C)c7ccccc7-8)ccc65)ccc4c23)c([2H])c1[2H]. The zero-order valence-electron chi connectivity index (χ0n) is 37.9. The second kappa shape index (κ2) is 12.4. The molecule has 12 aromatic rings. The van der Waals surface area contributed by atoms with Gasteiger partial charge >= 0.3 is 0 Å². The summed E-state index contributed by atoms with van der Waals surface area (Å²) in [7, 11) is 0. The molecule has 282 valence electrons. The van der Waals surface area contributed by atoms with Crippen LogP contribution in [-0.4, -0.2) is 9.13 Å². The molecule has 60 heavy (non-hydrogen) atoms. The highest BCUT2D eigenvalue weighted by molar-refractivity contribution is 7.26. The molecule has 0 atom stereocenters. The fourth-order valence-electron chi connectivity index (χ4n) is 10.2. The highest BCUT2D eigenvalue weighted by Crippen LogP contribution is 2.50. The van der Waals surface area contributed by atoms with Gasteiger partial charge in [0.05, 0.1) is 28.9 Å². The summed E-state index contributed by atoms with van der Waals surface area (Å²) in [6, 6.07) is 57.7. The molecule has 1 aliphatic carbocycles. The van der Waals surface area contributed by atoms with E-state index in [0.717, 1.165) is 48.0 Å². The molecule has 9 aromatic carbocycles. The van der Waals surface area contributed by atoms with Gasteiger partial charge in [-0.1, -0.05) is 141 Å². The molecule has 0 N–H and O–H groups in total. The van der Waals surface area contributed by atoms with Gasteiger partial charge in [0.1, 0.15) is 0 Å². The van der Waals surface area contributed by atoms with Crippen LogP contribution in [0.25, 0.3) is 109 Å². The van der Waals surface area contributed by atoms with E-state index in [1.807, 2.05) is 18.2 Å². The van der Waals surface area contributed by atoms with Gasteiger partial charge in [-0.15, -0.1) is 11.3 Å². The van der Waals surface area contributed by atoms with Gasteiger partial charge < -0.3 is 9.13 Å². The van der Waals surface area contributed by atoms with Gasteiger partial charge in [-0.05, 0) is 111 Å². The van der Waals surface area contributed by atoms with Gasteiger partial charge in [-0.25, -0.2) is 0 Å². The molecule has 3 aromatic heterocycles. The number of aromatic nitrogens is 2. The lowest BCUT2D eigenvalue weighted by molar-refractivity contribution is 0.660. The molecule has 1 aliphatic rings. The van der Waals surface area contributed by atoms with E-state index in [2.05, 4.69) is 169 Å². The predicted octanol–water partition coefficient (Wildman–Crippen LogP) is 15.9. The van der Waals surface area contributed by atoms with E-state index in [-0.39, 0.29) is 41.2 Å². The van der Waals surface area contributed by atoms with Crippen LogP contribution in [0.15, 0.2) is 194 Å². The Bertz CT molecular complexity index is 4030. The summed E-state index contributed by atoms with van der Waals surface area (Å²) in [6.07, 6.45) is 0. The Labute approximate surface area is 358 Å². The molecule has 0 amide bonds. The molecule has 13 rings (SSSR count). The lowest BCUT2D eigenvalue weighted by Crippen LogP contribution is -2.15. The molecule has 0 bridgehead atoms. The highest BCUT2D eigenvalue weighted by Gasteiger charge is 2.35. The largest absolute Gasteiger partial charge is 0.309 e. The summed E-state index contributed by atoms with van der Waals surface area (Å²) in [5.74, 6) is 0. The molecule has 3 heterocycles. The van der Waals surface area contributed by atoms with Gasteiger partial charge in [-0.3, -0.25) is 0 Å². The summed E-state index contributed by atoms with van der Waals surface area (Å²) >= 11 is 1.65. The van der Waals surface area contributed by atoms with Crippen LogP contribution >= 0.6 is 11.3 Å². The van der Waals surface area contributed by atoms with Gasteiger partial charge in [0, 0.05) is 58.5 Å². The molecular formula is C57H38N2S. The second-order valence-electron chi connectivity index (χ2n) is 16.5. The third-order valence-corrected chi connectivity index (χ3v) is 14.1. The maximum atomic E-state index is 8.74. The number of hydrogen-bond donors (Lipinski definition) is 0. The lowest BCUT2D eigenvalue weighted by atomic mass is 9.82. The highest BCUT2D eigenvalue weighted by atomic mass is 32.1. The minimum Gasteiger partial charge on any atom is -0.309 e. The number of fused-ring (bicyclic) bond motifs is 12.